The molecule has 2 rings (SSSR count). The highest BCUT2D eigenvalue weighted by molar-refractivity contribution is 7.99. The highest BCUT2D eigenvalue weighted by atomic mass is 32.2. The number of hydrogen-bond acceptors (Lipinski definition) is 3. The van der Waals surface area contributed by atoms with Gasteiger partial charge in [-0.05, 0) is 24.3 Å². The second-order valence-corrected chi connectivity index (χ2v) is 5.95. The van der Waals surface area contributed by atoms with E-state index in [-0.39, 0.29) is 18.9 Å². The number of carbonyl (C=O) groups excluding carboxylic acids is 2. The molecular formula is C17H17F2N3O2S. The largest absolute Gasteiger partial charge is 0.337 e. The Labute approximate surface area is 148 Å². The predicted molar refractivity (Wildman–Crippen MR) is 95.0 cm³/mol. The van der Waals surface area contributed by atoms with Crippen molar-refractivity contribution in [3.8, 4) is 0 Å². The molecule has 0 fully saturated rings. The minimum absolute atomic E-state index is 0.0237. The smallest absolute Gasteiger partial charge is 0.319 e. The molecule has 2 aromatic rings. The zero-order valence-electron chi connectivity index (χ0n) is 13.2. The van der Waals surface area contributed by atoms with E-state index < -0.39 is 11.8 Å². The van der Waals surface area contributed by atoms with E-state index in [2.05, 4.69) is 16.0 Å². The van der Waals surface area contributed by atoms with Crippen molar-refractivity contribution in [2.75, 3.05) is 17.2 Å². The van der Waals surface area contributed by atoms with Crippen LogP contribution >= 0.6 is 11.8 Å². The molecule has 132 valence electrons. The number of amides is 3. The summed E-state index contributed by atoms with van der Waals surface area (Å²) in [5, 5.41) is 7.76. The summed E-state index contributed by atoms with van der Waals surface area (Å²) < 4.78 is 25.0. The molecule has 3 amide bonds. The number of alkyl halides is 2. The highest BCUT2D eigenvalue weighted by Crippen LogP contribution is 2.31. The number of hydrogen-bond donors (Lipinski definition) is 3. The van der Waals surface area contributed by atoms with E-state index in [1.807, 2.05) is 6.07 Å². The molecule has 0 heterocycles. The molecule has 8 heteroatoms. The third kappa shape index (κ3) is 6.80. The normalized spacial score (nSPS) is 10.4. The molecule has 0 atom stereocenters. The first-order chi connectivity index (χ1) is 12.0. The maximum atomic E-state index is 12.5. The maximum Gasteiger partial charge on any atom is 0.319 e. The van der Waals surface area contributed by atoms with Gasteiger partial charge in [-0.25, -0.2) is 4.79 Å². The fourth-order valence-electron chi connectivity index (χ4n) is 1.97. The van der Waals surface area contributed by atoms with E-state index in [1.165, 1.54) is 6.07 Å². The molecule has 2 aromatic carbocycles. The zero-order valence-corrected chi connectivity index (χ0v) is 14.0. The monoisotopic (exact) mass is 365 g/mol. The van der Waals surface area contributed by atoms with E-state index >= 15 is 0 Å². The zero-order chi connectivity index (χ0) is 18.1. The Kier molecular flexibility index (Phi) is 7.21. The molecule has 3 N–H and O–H groups in total. The molecule has 0 spiro atoms. The molecule has 0 saturated carbocycles. The number of carbonyl (C=O) groups is 2. The van der Waals surface area contributed by atoms with Gasteiger partial charge in [-0.2, -0.15) is 8.78 Å². The first kappa shape index (κ1) is 18.7. The van der Waals surface area contributed by atoms with Crippen LogP contribution in [0.3, 0.4) is 0 Å². The third-order valence-electron chi connectivity index (χ3n) is 3.05. The summed E-state index contributed by atoms with van der Waals surface area (Å²) in [6.07, 6.45) is 0.0237. The Balaban J connectivity index is 1.76. The van der Waals surface area contributed by atoms with Crippen molar-refractivity contribution in [3.63, 3.8) is 0 Å². The van der Waals surface area contributed by atoms with E-state index in [0.29, 0.717) is 28.0 Å². The maximum absolute atomic E-state index is 12.5. The fraction of sp³-hybridized carbons (Fsp3) is 0.176. The van der Waals surface area contributed by atoms with Crippen LogP contribution in [0.5, 0.6) is 0 Å². The number of nitrogens with one attached hydrogen (secondary N) is 3. The fourth-order valence-corrected chi connectivity index (χ4v) is 2.56. The van der Waals surface area contributed by atoms with Crippen LogP contribution in [0.25, 0.3) is 0 Å². The van der Waals surface area contributed by atoms with Gasteiger partial charge in [-0.15, -0.1) is 0 Å². The molecule has 5 nitrogen and oxygen atoms in total. The van der Waals surface area contributed by atoms with Gasteiger partial charge in [-0.3, -0.25) is 4.79 Å². The second kappa shape index (κ2) is 9.63. The molecule has 0 unspecified atom stereocenters. The van der Waals surface area contributed by atoms with E-state index in [0.717, 1.165) is 0 Å². The minimum atomic E-state index is -2.57. The third-order valence-corrected chi connectivity index (χ3v) is 3.83. The molecule has 0 aliphatic heterocycles. The van der Waals surface area contributed by atoms with Gasteiger partial charge in [0.25, 0.3) is 5.76 Å². The molecule has 0 radical (unpaired) electrons. The summed E-state index contributed by atoms with van der Waals surface area (Å²) in [5.41, 5.74) is 0.967. The van der Waals surface area contributed by atoms with Crippen molar-refractivity contribution in [3.05, 3.63) is 54.6 Å². The van der Waals surface area contributed by atoms with Crippen molar-refractivity contribution >= 4 is 35.1 Å². The molecule has 0 saturated heterocycles. The van der Waals surface area contributed by atoms with E-state index in [1.54, 1.807) is 42.5 Å². The van der Waals surface area contributed by atoms with Gasteiger partial charge in [0.2, 0.25) is 5.91 Å². The van der Waals surface area contributed by atoms with Crippen LogP contribution < -0.4 is 16.0 Å². The summed E-state index contributed by atoms with van der Waals surface area (Å²) in [6, 6.07) is 14.8. The van der Waals surface area contributed by atoms with Crippen LogP contribution in [0, 0.1) is 0 Å². The first-order valence-electron chi connectivity index (χ1n) is 7.48. The molecule has 0 aromatic heterocycles. The van der Waals surface area contributed by atoms with E-state index in [9.17, 15) is 18.4 Å². The summed E-state index contributed by atoms with van der Waals surface area (Å²) in [7, 11) is 0. The van der Waals surface area contributed by atoms with Crippen LogP contribution in [0.1, 0.15) is 6.42 Å². The van der Waals surface area contributed by atoms with Gasteiger partial charge in [0.15, 0.2) is 0 Å². The van der Waals surface area contributed by atoms with Crippen LogP contribution in [0.2, 0.25) is 0 Å². The number of rotatable bonds is 7. The Hall–Kier alpha value is -2.61. The van der Waals surface area contributed by atoms with Crippen LogP contribution in [0.15, 0.2) is 59.5 Å². The SMILES string of the molecule is O=C(CCNC(=O)Nc1ccccc1)Nc1ccccc1SC(F)F. The lowest BCUT2D eigenvalue weighted by molar-refractivity contribution is -0.116. The summed E-state index contributed by atoms with van der Waals surface area (Å²) in [5.74, 6) is -2.94. The number of thioether (sulfide) groups is 1. The highest BCUT2D eigenvalue weighted by Gasteiger charge is 2.12. The second-order valence-electron chi connectivity index (χ2n) is 4.92. The number of benzene rings is 2. The van der Waals surface area contributed by atoms with Crippen molar-refractivity contribution in [2.24, 2.45) is 0 Å². The van der Waals surface area contributed by atoms with Crippen molar-refractivity contribution < 1.29 is 18.4 Å². The topological polar surface area (TPSA) is 70.2 Å². The van der Waals surface area contributed by atoms with Gasteiger partial charge >= 0.3 is 6.03 Å². The van der Waals surface area contributed by atoms with Gasteiger partial charge in [0.1, 0.15) is 0 Å². The van der Waals surface area contributed by atoms with E-state index in [4.69, 9.17) is 0 Å². The van der Waals surface area contributed by atoms with Gasteiger partial charge in [-0.1, -0.05) is 42.1 Å². The number of para-hydroxylation sites is 2. The number of urea groups is 1. The van der Waals surface area contributed by atoms with Crippen LogP contribution in [0.4, 0.5) is 25.0 Å². The minimum Gasteiger partial charge on any atom is -0.337 e. The van der Waals surface area contributed by atoms with Gasteiger partial charge in [0.05, 0.1) is 5.69 Å². The molecule has 0 bridgehead atoms. The van der Waals surface area contributed by atoms with Crippen LogP contribution in [-0.4, -0.2) is 24.2 Å². The Morgan fingerprint density at radius 1 is 0.960 bits per heavy atom. The first-order valence-corrected chi connectivity index (χ1v) is 8.36. The predicted octanol–water partition coefficient (Wildman–Crippen LogP) is 4.15. The van der Waals surface area contributed by atoms with Crippen molar-refractivity contribution in [1.29, 1.82) is 0 Å². The molecular weight excluding hydrogens is 348 g/mol. The summed E-state index contributed by atoms with van der Waals surface area (Å²) >= 11 is 0.369. The van der Waals surface area contributed by atoms with Crippen molar-refractivity contribution in [1.82, 2.24) is 5.32 Å². The Morgan fingerprint density at radius 2 is 1.64 bits per heavy atom. The quantitative estimate of drug-likeness (QED) is 0.646. The number of halogens is 2. The molecule has 0 aliphatic carbocycles. The van der Waals surface area contributed by atoms with Crippen molar-refractivity contribution in [2.45, 2.75) is 17.1 Å². The molecule has 0 aliphatic rings. The lowest BCUT2D eigenvalue weighted by atomic mass is 10.3. The Morgan fingerprint density at radius 3 is 2.36 bits per heavy atom. The van der Waals surface area contributed by atoms with Crippen LogP contribution in [-0.2, 0) is 4.79 Å². The summed E-state index contributed by atoms with van der Waals surface area (Å²) in [4.78, 5) is 23.9. The number of anilines is 2. The standard InChI is InChI=1S/C17H17F2N3O2S/c18-16(19)25-14-9-5-4-8-13(14)22-15(23)10-11-20-17(24)21-12-6-2-1-3-7-12/h1-9,16H,10-11H2,(H,22,23)(H2,20,21,24). The summed E-state index contributed by atoms with van der Waals surface area (Å²) in [6.45, 7) is 0.120. The average Bonchev–Trinajstić information content (AvgIpc) is 2.57. The lowest BCUT2D eigenvalue weighted by Gasteiger charge is -2.11. The lowest BCUT2D eigenvalue weighted by Crippen LogP contribution is -2.31. The van der Waals surface area contributed by atoms with Gasteiger partial charge in [0, 0.05) is 23.5 Å². The molecule has 25 heavy (non-hydrogen) atoms. The Bertz CT molecular complexity index is 714. The van der Waals surface area contributed by atoms with Gasteiger partial charge < -0.3 is 16.0 Å². The average molecular weight is 365 g/mol.